The van der Waals surface area contributed by atoms with Crippen LogP contribution in [0.3, 0.4) is 0 Å². The Kier molecular flexibility index (Phi) is 6.19. The zero-order valence-electron chi connectivity index (χ0n) is 8.53. The molecular formula is C10H14INO2S. The SMILES string of the molecule is COC(=O)C(I)CNCCc1cccs1. The van der Waals surface area contributed by atoms with Crippen LogP contribution in [0.15, 0.2) is 17.5 Å². The van der Waals surface area contributed by atoms with Crippen molar-refractivity contribution in [3.8, 4) is 0 Å². The van der Waals surface area contributed by atoms with Gasteiger partial charge in [-0.2, -0.15) is 0 Å². The second kappa shape index (κ2) is 7.19. The summed E-state index contributed by atoms with van der Waals surface area (Å²) in [5, 5.41) is 5.31. The van der Waals surface area contributed by atoms with Crippen LogP contribution in [0.5, 0.6) is 0 Å². The number of esters is 1. The van der Waals surface area contributed by atoms with Crippen molar-refractivity contribution in [2.45, 2.75) is 10.3 Å². The Morgan fingerprint density at radius 1 is 1.73 bits per heavy atom. The minimum absolute atomic E-state index is 0.101. The average molecular weight is 339 g/mol. The van der Waals surface area contributed by atoms with Crippen LogP contribution in [0.4, 0.5) is 0 Å². The topological polar surface area (TPSA) is 38.3 Å². The standard InChI is InChI=1S/C10H14INO2S/c1-14-10(13)9(11)7-12-5-4-8-3-2-6-15-8/h2-3,6,9,12H,4-5,7H2,1H3. The molecule has 1 N–H and O–H groups in total. The first-order valence-corrected chi connectivity index (χ1v) is 6.81. The summed E-state index contributed by atoms with van der Waals surface area (Å²) in [6.45, 7) is 1.57. The molecule has 5 heteroatoms. The monoisotopic (exact) mass is 339 g/mol. The van der Waals surface area contributed by atoms with E-state index in [0.29, 0.717) is 6.54 Å². The van der Waals surface area contributed by atoms with E-state index in [0.717, 1.165) is 13.0 Å². The van der Waals surface area contributed by atoms with Gasteiger partial charge in [-0.3, -0.25) is 4.79 Å². The van der Waals surface area contributed by atoms with Crippen molar-refractivity contribution in [3.63, 3.8) is 0 Å². The number of ether oxygens (including phenoxy) is 1. The Morgan fingerprint density at radius 3 is 3.13 bits per heavy atom. The van der Waals surface area contributed by atoms with Gasteiger partial charge in [0.1, 0.15) is 3.92 Å². The van der Waals surface area contributed by atoms with Gasteiger partial charge < -0.3 is 10.1 Å². The van der Waals surface area contributed by atoms with Crippen LogP contribution in [0.1, 0.15) is 4.88 Å². The number of alkyl halides is 1. The largest absolute Gasteiger partial charge is 0.468 e. The second-order valence-corrected chi connectivity index (χ2v) is 5.56. The highest BCUT2D eigenvalue weighted by Gasteiger charge is 2.13. The van der Waals surface area contributed by atoms with E-state index in [2.05, 4.69) is 50.2 Å². The quantitative estimate of drug-likeness (QED) is 0.372. The molecule has 0 aromatic carbocycles. The molecule has 1 atom stereocenters. The third kappa shape index (κ3) is 4.94. The average Bonchev–Trinajstić information content (AvgIpc) is 2.75. The molecule has 0 aliphatic rings. The summed E-state index contributed by atoms with van der Waals surface area (Å²) in [7, 11) is 1.42. The van der Waals surface area contributed by atoms with Gasteiger partial charge in [-0.05, 0) is 17.9 Å². The summed E-state index contributed by atoms with van der Waals surface area (Å²) < 4.78 is 4.53. The number of carbonyl (C=O) groups is 1. The van der Waals surface area contributed by atoms with Crippen LogP contribution in [0.2, 0.25) is 0 Å². The highest BCUT2D eigenvalue weighted by atomic mass is 127. The summed E-state index contributed by atoms with van der Waals surface area (Å²) in [6.07, 6.45) is 1.02. The first-order chi connectivity index (χ1) is 7.24. The number of halogens is 1. The third-order valence-electron chi connectivity index (χ3n) is 1.91. The van der Waals surface area contributed by atoms with Crippen LogP contribution in [0.25, 0.3) is 0 Å². The van der Waals surface area contributed by atoms with Crippen LogP contribution < -0.4 is 5.32 Å². The molecule has 0 saturated carbocycles. The van der Waals surface area contributed by atoms with Gasteiger partial charge in [0.15, 0.2) is 0 Å². The predicted molar refractivity (Wildman–Crippen MR) is 70.7 cm³/mol. The number of nitrogens with one attached hydrogen (secondary N) is 1. The Labute approximate surface area is 107 Å². The van der Waals surface area contributed by atoms with Crippen molar-refractivity contribution in [2.24, 2.45) is 0 Å². The van der Waals surface area contributed by atoms with Crippen LogP contribution in [-0.4, -0.2) is 30.1 Å². The fourth-order valence-electron chi connectivity index (χ4n) is 1.11. The van der Waals surface area contributed by atoms with E-state index in [9.17, 15) is 4.79 Å². The van der Waals surface area contributed by atoms with E-state index < -0.39 is 0 Å². The van der Waals surface area contributed by atoms with E-state index in [1.807, 2.05) is 0 Å². The Bertz CT molecular complexity index is 290. The van der Waals surface area contributed by atoms with E-state index in [-0.39, 0.29) is 9.89 Å². The minimum Gasteiger partial charge on any atom is -0.468 e. The Hall–Kier alpha value is -0.140. The second-order valence-electron chi connectivity index (χ2n) is 3.02. The number of hydrogen-bond acceptors (Lipinski definition) is 4. The van der Waals surface area contributed by atoms with Crippen molar-refractivity contribution in [1.29, 1.82) is 0 Å². The molecule has 84 valence electrons. The lowest BCUT2D eigenvalue weighted by atomic mass is 10.3. The van der Waals surface area contributed by atoms with E-state index in [1.165, 1.54) is 12.0 Å². The molecule has 0 bridgehead atoms. The van der Waals surface area contributed by atoms with Gasteiger partial charge in [-0.1, -0.05) is 28.7 Å². The number of methoxy groups -OCH3 is 1. The summed E-state index contributed by atoms with van der Waals surface area (Å²) in [5.41, 5.74) is 0. The van der Waals surface area contributed by atoms with E-state index in [1.54, 1.807) is 11.3 Å². The highest BCUT2D eigenvalue weighted by Crippen LogP contribution is 2.08. The molecule has 0 fully saturated rings. The fraction of sp³-hybridized carbons (Fsp3) is 0.500. The number of thiophene rings is 1. The van der Waals surface area contributed by atoms with Crippen molar-refractivity contribution >= 4 is 39.9 Å². The van der Waals surface area contributed by atoms with Crippen molar-refractivity contribution in [2.75, 3.05) is 20.2 Å². The molecule has 0 radical (unpaired) electrons. The smallest absolute Gasteiger partial charge is 0.319 e. The summed E-state index contributed by atoms with van der Waals surface area (Å²) >= 11 is 3.85. The fourth-order valence-corrected chi connectivity index (χ4v) is 2.38. The van der Waals surface area contributed by atoms with Gasteiger partial charge in [0.25, 0.3) is 0 Å². The molecule has 0 spiro atoms. The lowest BCUT2D eigenvalue weighted by Crippen LogP contribution is -2.30. The molecule has 1 unspecified atom stereocenters. The van der Waals surface area contributed by atoms with E-state index >= 15 is 0 Å². The maximum Gasteiger partial charge on any atom is 0.319 e. The minimum atomic E-state index is -0.167. The van der Waals surface area contributed by atoms with Crippen LogP contribution >= 0.6 is 33.9 Å². The van der Waals surface area contributed by atoms with Gasteiger partial charge >= 0.3 is 5.97 Å². The molecule has 1 heterocycles. The van der Waals surface area contributed by atoms with Crippen molar-refractivity contribution in [3.05, 3.63) is 22.4 Å². The van der Waals surface area contributed by atoms with Crippen LogP contribution in [0, 0.1) is 0 Å². The Balaban J connectivity index is 2.09. The van der Waals surface area contributed by atoms with Crippen molar-refractivity contribution in [1.82, 2.24) is 5.32 Å². The molecular weight excluding hydrogens is 325 g/mol. The van der Waals surface area contributed by atoms with Crippen molar-refractivity contribution < 1.29 is 9.53 Å². The normalized spacial score (nSPS) is 12.4. The van der Waals surface area contributed by atoms with Gasteiger partial charge in [0.05, 0.1) is 7.11 Å². The zero-order chi connectivity index (χ0) is 11.1. The molecule has 0 saturated heterocycles. The molecule has 1 aromatic heterocycles. The lowest BCUT2D eigenvalue weighted by molar-refractivity contribution is -0.139. The maximum atomic E-state index is 11.1. The Morgan fingerprint density at radius 2 is 2.53 bits per heavy atom. The third-order valence-corrected chi connectivity index (χ3v) is 3.79. The zero-order valence-corrected chi connectivity index (χ0v) is 11.5. The van der Waals surface area contributed by atoms with Gasteiger partial charge in [0, 0.05) is 18.0 Å². The van der Waals surface area contributed by atoms with E-state index in [4.69, 9.17) is 0 Å². The molecule has 0 amide bonds. The van der Waals surface area contributed by atoms with Gasteiger partial charge in [-0.15, -0.1) is 11.3 Å². The van der Waals surface area contributed by atoms with Gasteiger partial charge in [0.2, 0.25) is 0 Å². The summed E-state index contributed by atoms with van der Waals surface area (Å²) in [4.78, 5) is 12.4. The molecule has 0 aliphatic carbocycles. The highest BCUT2D eigenvalue weighted by molar-refractivity contribution is 14.1. The number of rotatable bonds is 6. The first kappa shape index (κ1) is 12.9. The molecule has 0 aliphatic heterocycles. The molecule has 1 aromatic rings. The number of carbonyl (C=O) groups excluding carboxylic acids is 1. The lowest BCUT2D eigenvalue weighted by Gasteiger charge is -2.08. The van der Waals surface area contributed by atoms with Gasteiger partial charge in [-0.25, -0.2) is 0 Å². The molecule has 15 heavy (non-hydrogen) atoms. The predicted octanol–water partition coefficient (Wildman–Crippen LogP) is 1.86. The molecule has 3 nitrogen and oxygen atoms in total. The number of hydrogen-bond donors (Lipinski definition) is 1. The maximum absolute atomic E-state index is 11.1. The summed E-state index contributed by atoms with van der Waals surface area (Å²) in [6, 6.07) is 4.17. The summed E-state index contributed by atoms with van der Waals surface area (Å²) in [5.74, 6) is -0.167. The first-order valence-electron chi connectivity index (χ1n) is 4.69. The molecule has 1 rings (SSSR count). The van der Waals surface area contributed by atoms with Crippen LogP contribution in [-0.2, 0) is 16.0 Å².